The highest BCUT2D eigenvalue weighted by atomic mass is 79.9. The fourth-order valence-corrected chi connectivity index (χ4v) is 5.02. The highest BCUT2D eigenvalue weighted by Crippen LogP contribution is 2.23. The summed E-state index contributed by atoms with van der Waals surface area (Å²) in [4.78, 5) is 20.1. The summed E-state index contributed by atoms with van der Waals surface area (Å²) in [6.07, 6.45) is 0.125. The molecular weight excluding hydrogens is 450 g/mol. The molecule has 5 nitrogen and oxygen atoms in total. The summed E-state index contributed by atoms with van der Waals surface area (Å²) in [5.41, 5.74) is 2.07. The number of rotatable bonds is 6. The van der Waals surface area contributed by atoms with Crippen molar-refractivity contribution in [1.29, 1.82) is 0 Å². The number of hydrogen-bond acceptors (Lipinski definition) is 5. The van der Waals surface area contributed by atoms with Crippen molar-refractivity contribution >= 4 is 38.6 Å². The molecule has 0 unspecified atom stereocenters. The molecule has 2 heterocycles. The minimum absolute atomic E-state index is 0.0107. The summed E-state index contributed by atoms with van der Waals surface area (Å²) in [6, 6.07) is 16.2. The first-order valence-corrected chi connectivity index (χ1v) is 11.6. The minimum Gasteiger partial charge on any atom is -0.375 e. The van der Waals surface area contributed by atoms with Crippen molar-refractivity contribution in [3.05, 3.63) is 68.9 Å². The first-order valence-electron chi connectivity index (χ1n) is 9.85. The Balaban J connectivity index is 1.46. The fraction of sp³-hybridized carbons (Fsp3) is 0.364. The second-order valence-corrected chi connectivity index (χ2v) is 9.03. The van der Waals surface area contributed by atoms with E-state index < -0.39 is 0 Å². The van der Waals surface area contributed by atoms with Crippen molar-refractivity contribution in [3.63, 3.8) is 0 Å². The van der Waals surface area contributed by atoms with Crippen molar-refractivity contribution in [2.75, 3.05) is 25.4 Å². The maximum Gasteiger partial charge on any atom is 0.262 e. The summed E-state index contributed by atoms with van der Waals surface area (Å²) < 4.78 is 8.63. The molecule has 0 amide bonds. The third-order valence-electron chi connectivity index (χ3n) is 5.07. The van der Waals surface area contributed by atoms with Gasteiger partial charge in [0.1, 0.15) is 0 Å². The van der Waals surface area contributed by atoms with E-state index in [1.165, 1.54) is 5.56 Å². The molecule has 0 radical (unpaired) electrons. The highest BCUT2D eigenvalue weighted by Gasteiger charge is 2.22. The summed E-state index contributed by atoms with van der Waals surface area (Å²) >= 11 is 5.05. The van der Waals surface area contributed by atoms with Crippen molar-refractivity contribution in [3.8, 4) is 0 Å². The van der Waals surface area contributed by atoms with Crippen LogP contribution in [0.25, 0.3) is 10.9 Å². The molecule has 0 N–H and O–H groups in total. The van der Waals surface area contributed by atoms with Crippen LogP contribution in [-0.4, -0.2) is 46.0 Å². The number of hydrogen-bond donors (Lipinski definition) is 0. The first kappa shape index (κ1) is 20.6. The van der Waals surface area contributed by atoms with Crippen LogP contribution >= 0.6 is 27.7 Å². The lowest BCUT2D eigenvalue weighted by molar-refractivity contribution is -0.0187. The molecule has 0 aliphatic carbocycles. The van der Waals surface area contributed by atoms with Crippen LogP contribution in [0.5, 0.6) is 0 Å². The van der Waals surface area contributed by atoms with Gasteiger partial charge in [-0.15, -0.1) is 0 Å². The van der Waals surface area contributed by atoms with Gasteiger partial charge < -0.3 is 4.74 Å². The third-order valence-corrected chi connectivity index (χ3v) is 6.67. The number of fused-ring (bicyclic) bond motifs is 1. The Kier molecular flexibility index (Phi) is 6.70. The van der Waals surface area contributed by atoms with E-state index in [1.807, 2.05) is 31.2 Å². The molecule has 1 aliphatic heterocycles. The zero-order chi connectivity index (χ0) is 20.2. The SMILES string of the molecule is CCn1c(SC[C@H]2CN(Cc3ccccc3)CCO2)nc2ccc(Br)cc2c1=O. The van der Waals surface area contributed by atoms with E-state index in [0.717, 1.165) is 47.1 Å². The minimum atomic E-state index is 0.0107. The number of ether oxygens (including phenoxy) is 1. The van der Waals surface area contributed by atoms with Crippen molar-refractivity contribution in [2.24, 2.45) is 0 Å². The Morgan fingerprint density at radius 2 is 2.07 bits per heavy atom. The van der Waals surface area contributed by atoms with E-state index in [1.54, 1.807) is 16.3 Å². The zero-order valence-corrected chi connectivity index (χ0v) is 18.8. The second kappa shape index (κ2) is 9.43. The van der Waals surface area contributed by atoms with Gasteiger partial charge in [0.05, 0.1) is 23.6 Å². The van der Waals surface area contributed by atoms with E-state index in [-0.39, 0.29) is 11.7 Å². The molecule has 0 saturated carbocycles. The Labute approximate surface area is 183 Å². The van der Waals surface area contributed by atoms with Gasteiger partial charge in [0.2, 0.25) is 0 Å². The molecular formula is C22H24BrN3O2S. The van der Waals surface area contributed by atoms with Crippen LogP contribution in [0.15, 0.2) is 63.0 Å². The van der Waals surface area contributed by atoms with Gasteiger partial charge >= 0.3 is 0 Å². The Bertz CT molecular complexity index is 1040. The molecule has 0 bridgehead atoms. The molecule has 152 valence electrons. The lowest BCUT2D eigenvalue weighted by atomic mass is 10.2. The molecule has 1 fully saturated rings. The van der Waals surface area contributed by atoms with Gasteiger partial charge in [-0.25, -0.2) is 4.98 Å². The zero-order valence-electron chi connectivity index (χ0n) is 16.4. The van der Waals surface area contributed by atoms with Gasteiger partial charge in [0.25, 0.3) is 5.56 Å². The molecule has 29 heavy (non-hydrogen) atoms. The normalized spacial score (nSPS) is 17.7. The van der Waals surface area contributed by atoms with Crippen LogP contribution < -0.4 is 5.56 Å². The van der Waals surface area contributed by atoms with E-state index in [2.05, 4.69) is 45.1 Å². The van der Waals surface area contributed by atoms with E-state index in [4.69, 9.17) is 9.72 Å². The molecule has 4 rings (SSSR count). The van der Waals surface area contributed by atoms with Gasteiger partial charge in [-0.1, -0.05) is 58.0 Å². The van der Waals surface area contributed by atoms with Gasteiger partial charge in [-0.2, -0.15) is 0 Å². The molecule has 7 heteroatoms. The predicted octanol–water partition coefficient (Wildman–Crippen LogP) is 4.17. The Morgan fingerprint density at radius 3 is 2.86 bits per heavy atom. The molecule has 3 aromatic rings. The summed E-state index contributed by atoms with van der Waals surface area (Å²) in [7, 11) is 0. The number of thioether (sulfide) groups is 1. The topological polar surface area (TPSA) is 47.4 Å². The van der Waals surface area contributed by atoms with E-state index in [9.17, 15) is 4.79 Å². The van der Waals surface area contributed by atoms with Crippen LogP contribution in [-0.2, 0) is 17.8 Å². The average Bonchev–Trinajstić information content (AvgIpc) is 2.74. The van der Waals surface area contributed by atoms with E-state index >= 15 is 0 Å². The Hall–Kier alpha value is -1.67. The Morgan fingerprint density at radius 1 is 1.24 bits per heavy atom. The lowest BCUT2D eigenvalue weighted by Gasteiger charge is -2.32. The lowest BCUT2D eigenvalue weighted by Crippen LogP contribution is -2.43. The molecule has 1 aliphatic rings. The van der Waals surface area contributed by atoms with Crippen LogP contribution in [0.1, 0.15) is 12.5 Å². The second-order valence-electron chi connectivity index (χ2n) is 7.13. The number of aromatic nitrogens is 2. The molecule has 1 aromatic heterocycles. The number of nitrogens with zero attached hydrogens (tertiary/aromatic N) is 3. The van der Waals surface area contributed by atoms with Crippen LogP contribution in [0.3, 0.4) is 0 Å². The average molecular weight is 474 g/mol. The summed E-state index contributed by atoms with van der Waals surface area (Å²) in [6.45, 7) is 6.08. The summed E-state index contributed by atoms with van der Waals surface area (Å²) in [5, 5.41) is 1.41. The van der Waals surface area contributed by atoms with Gasteiger partial charge in [-0.05, 0) is 30.7 Å². The maximum atomic E-state index is 12.9. The fourth-order valence-electron chi connectivity index (χ4n) is 3.60. The largest absolute Gasteiger partial charge is 0.375 e. The predicted molar refractivity (Wildman–Crippen MR) is 122 cm³/mol. The van der Waals surface area contributed by atoms with Crippen molar-refractivity contribution in [1.82, 2.24) is 14.5 Å². The molecule has 2 aromatic carbocycles. The number of halogens is 1. The standard InChI is InChI=1S/C22H24BrN3O2S/c1-2-26-21(27)19-12-17(23)8-9-20(19)24-22(26)29-15-18-14-25(10-11-28-18)13-16-6-4-3-5-7-16/h3-9,12,18H,2,10-11,13-15H2,1H3/t18-/m1/s1. The first-order chi connectivity index (χ1) is 14.1. The molecule has 1 atom stereocenters. The van der Waals surface area contributed by atoms with Gasteiger partial charge in [0, 0.05) is 36.4 Å². The van der Waals surface area contributed by atoms with Gasteiger partial charge in [-0.3, -0.25) is 14.3 Å². The quantitative estimate of drug-likeness (QED) is 0.397. The monoisotopic (exact) mass is 473 g/mol. The van der Waals surface area contributed by atoms with Crippen molar-refractivity contribution in [2.45, 2.75) is 31.3 Å². The summed E-state index contributed by atoms with van der Waals surface area (Å²) in [5.74, 6) is 0.778. The van der Waals surface area contributed by atoms with Crippen molar-refractivity contribution < 1.29 is 4.74 Å². The highest BCUT2D eigenvalue weighted by molar-refractivity contribution is 9.10. The van der Waals surface area contributed by atoms with Crippen LogP contribution in [0.2, 0.25) is 0 Å². The molecule has 1 saturated heterocycles. The van der Waals surface area contributed by atoms with E-state index in [0.29, 0.717) is 11.9 Å². The van der Waals surface area contributed by atoms with Crippen LogP contribution in [0, 0.1) is 0 Å². The maximum absolute atomic E-state index is 12.9. The van der Waals surface area contributed by atoms with Crippen LogP contribution in [0.4, 0.5) is 0 Å². The molecule has 0 spiro atoms. The number of benzene rings is 2. The number of morpholine rings is 1. The third kappa shape index (κ3) is 4.91. The van der Waals surface area contributed by atoms with Gasteiger partial charge in [0.15, 0.2) is 5.16 Å². The smallest absolute Gasteiger partial charge is 0.262 e.